The minimum absolute atomic E-state index is 0.0571. The number of halogens is 1. The van der Waals surface area contributed by atoms with Gasteiger partial charge in [-0.05, 0) is 53.9 Å². The van der Waals surface area contributed by atoms with Crippen LogP contribution in [0.15, 0.2) is 40.9 Å². The molecule has 0 spiro atoms. The van der Waals surface area contributed by atoms with Crippen LogP contribution < -0.4 is 9.47 Å². The molecule has 0 bridgehead atoms. The Morgan fingerprint density at radius 1 is 1.13 bits per heavy atom. The quantitative estimate of drug-likeness (QED) is 0.593. The zero-order valence-electron chi connectivity index (χ0n) is 16.9. The molecule has 0 atom stereocenters. The number of aromatic nitrogens is 2. The van der Waals surface area contributed by atoms with Crippen LogP contribution in [0.2, 0.25) is 5.02 Å². The number of fused-ring (bicyclic) bond motifs is 1. The Morgan fingerprint density at radius 3 is 2.53 bits per heavy atom. The Morgan fingerprint density at radius 2 is 1.83 bits per heavy atom. The summed E-state index contributed by atoms with van der Waals surface area (Å²) in [4.78, 5) is 19.0. The lowest BCUT2D eigenvalue weighted by Gasteiger charge is -2.29. The summed E-state index contributed by atoms with van der Waals surface area (Å²) in [6, 6.07) is 11.1. The van der Waals surface area contributed by atoms with E-state index >= 15 is 0 Å². The number of carbonyl (C=O) groups excluding carboxylic acids is 1. The summed E-state index contributed by atoms with van der Waals surface area (Å²) in [6.07, 6.45) is 1.49. The van der Waals surface area contributed by atoms with Crippen molar-refractivity contribution in [3.63, 3.8) is 0 Å². The molecule has 7 nitrogen and oxygen atoms in total. The number of rotatable bonds is 6. The fourth-order valence-electron chi connectivity index (χ4n) is 3.54. The van der Waals surface area contributed by atoms with Gasteiger partial charge in [0.15, 0.2) is 11.5 Å². The maximum Gasteiger partial charge on any atom is 0.227 e. The zero-order chi connectivity index (χ0) is 21.1. The fourth-order valence-corrected chi connectivity index (χ4v) is 3.67. The van der Waals surface area contributed by atoms with E-state index in [0.29, 0.717) is 54.2 Å². The highest BCUT2D eigenvalue weighted by Crippen LogP contribution is 2.33. The van der Waals surface area contributed by atoms with Crippen molar-refractivity contribution in [1.82, 2.24) is 15.0 Å². The van der Waals surface area contributed by atoms with Gasteiger partial charge < -0.3 is 18.9 Å². The summed E-state index contributed by atoms with van der Waals surface area (Å²) in [5.74, 6) is 2.37. The maximum atomic E-state index is 12.7. The first-order valence-electron chi connectivity index (χ1n) is 9.67. The molecular weight excluding hydrogens is 406 g/mol. The molecule has 4 rings (SSSR count). The molecule has 2 aromatic carbocycles. The summed E-state index contributed by atoms with van der Waals surface area (Å²) < 4.78 is 16.1. The van der Waals surface area contributed by atoms with Gasteiger partial charge in [0.05, 0.1) is 14.2 Å². The highest BCUT2D eigenvalue weighted by molar-refractivity contribution is 6.30. The molecule has 1 amide bonds. The van der Waals surface area contributed by atoms with Gasteiger partial charge in [0.25, 0.3) is 0 Å². The van der Waals surface area contributed by atoms with E-state index in [-0.39, 0.29) is 5.91 Å². The third-order valence-electron chi connectivity index (χ3n) is 5.19. The van der Waals surface area contributed by atoms with E-state index < -0.39 is 0 Å². The van der Waals surface area contributed by atoms with Gasteiger partial charge in [0.1, 0.15) is 0 Å². The maximum absolute atomic E-state index is 12.7. The molecule has 2 heterocycles. The Hall–Kier alpha value is -3.06. The number of nitrogens with zero attached hydrogens (tertiary/aromatic N) is 3. The van der Waals surface area contributed by atoms with Crippen LogP contribution in [-0.4, -0.2) is 41.7 Å². The van der Waals surface area contributed by atoms with Crippen molar-refractivity contribution in [2.24, 2.45) is 0 Å². The second kappa shape index (κ2) is 8.75. The first-order chi connectivity index (χ1) is 14.6. The van der Waals surface area contributed by atoms with Crippen LogP contribution in [0.25, 0.3) is 11.4 Å². The predicted octanol–water partition coefficient (Wildman–Crippen LogP) is 3.92. The molecule has 3 aromatic rings. The largest absolute Gasteiger partial charge is 0.493 e. The van der Waals surface area contributed by atoms with E-state index in [4.69, 9.17) is 25.6 Å². The van der Waals surface area contributed by atoms with Crippen molar-refractivity contribution in [3.05, 3.63) is 58.4 Å². The molecule has 0 radical (unpaired) electrons. The summed E-state index contributed by atoms with van der Waals surface area (Å²) in [7, 11) is 3.23. The molecule has 0 saturated heterocycles. The standard InChI is InChI=1S/C22H22ClN3O4/c1-28-18-11-15-9-10-26(13-16(15)12-19(18)29-2)21(27)8-7-20-24-22(25-30-20)14-3-5-17(23)6-4-14/h3-6,11-12H,7-10,13H2,1-2H3. The number of hydrogen-bond donors (Lipinski definition) is 0. The highest BCUT2D eigenvalue weighted by Gasteiger charge is 2.23. The minimum atomic E-state index is 0.0571. The first-order valence-corrected chi connectivity index (χ1v) is 10.0. The second-order valence-corrected chi connectivity index (χ2v) is 7.50. The van der Waals surface area contributed by atoms with Crippen molar-refractivity contribution in [1.29, 1.82) is 0 Å². The summed E-state index contributed by atoms with van der Waals surface area (Å²) >= 11 is 5.91. The Kier molecular flexibility index (Phi) is 5.90. The molecule has 0 unspecified atom stereocenters. The number of benzene rings is 2. The lowest BCUT2D eigenvalue weighted by atomic mass is 9.98. The minimum Gasteiger partial charge on any atom is -0.493 e. The second-order valence-electron chi connectivity index (χ2n) is 7.06. The Bertz CT molecular complexity index is 1050. The molecule has 8 heteroatoms. The summed E-state index contributed by atoms with van der Waals surface area (Å²) in [5.41, 5.74) is 3.08. The Labute approximate surface area is 179 Å². The van der Waals surface area contributed by atoms with Crippen molar-refractivity contribution in [2.75, 3.05) is 20.8 Å². The normalized spacial score (nSPS) is 13.1. The van der Waals surface area contributed by atoms with E-state index in [1.165, 1.54) is 5.56 Å². The monoisotopic (exact) mass is 427 g/mol. The first kappa shape index (κ1) is 20.2. The van der Waals surface area contributed by atoms with Crippen molar-refractivity contribution in [3.8, 4) is 22.9 Å². The Balaban J connectivity index is 1.38. The molecule has 0 fully saturated rings. The summed E-state index contributed by atoms with van der Waals surface area (Å²) in [5, 5.41) is 4.64. The molecule has 0 aliphatic carbocycles. The molecule has 1 aromatic heterocycles. The highest BCUT2D eigenvalue weighted by atomic mass is 35.5. The molecule has 30 heavy (non-hydrogen) atoms. The number of carbonyl (C=O) groups is 1. The third kappa shape index (κ3) is 4.26. The summed E-state index contributed by atoms with van der Waals surface area (Å²) in [6.45, 7) is 1.22. The van der Waals surface area contributed by atoms with E-state index in [1.807, 2.05) is 29.2 Å². The van der Waals surface area contributed by atoms with Crippen molar-refractivity contribution < 1.29 is 18.8 Å². The van der Waals surface area contributed by atoms with Gasteiger partial charge in [-0.3, -0.25) is 4.79 Å². The number of amides is 1. The van der Waals surface area contributed by atoms with Gasteiger partial charge in [0, 0.05) is 36.5 Å². The number of aryl methyl sites for hydroxylation is 1. The molecule has 1 aliphatic heterocycles. The van der Waals surface area contributed by atoms with Gasteiger partial charge >= 0.3 is 0 Å². The van der Waals surface area contributed by atoms with E-state index in [1.54, 1.807) is 26.4 Å². The molecule has 1 aliphatic rings. The van der Waals surface area contributed by atoms with Crippen LogP contribution >= 0.6 is 11.6 Å². The van der Waals surface area contributed by atoms with Crippen LogP contribution in [0, 0.1) is 0 Å². The molecular formula is C22H22ClN3O4. The van der Waals surface area contributed by atoms with E-state index in [0.717, 1.165) is 17.5 Å². The zero-order valence-corrected chi connectivity index (χ0v) is 17.6. The SMILES string of the molecule is COc1cc2c(cc1OC)CN(C(=O)CCc1nc(-c3ccc(Cl)cc3)no1)CC2. The van der Waals surface area contributed by atoms with Crippen LogP contribution in [0.3, 0.4) is 0 Å². The lowest BCUT2D eigenvalue weighted by Crippen LogP contribution is -2.36. The number of methoxy groups -OCH3 is 2. The smallest absolute Gasteiger partial charge is 0.227 e. The third-order valence-corrected chi connectivity index (χ3v) is 5.45. The fraction of sp³-hybridized carbons (Fsp3) is 0.318. The van der Waals surface area contributed by atoms with Crippen molar-refractivity contribution in [2.45, 2.75) is 25.8 Å². The number of ether oxygens (including phenoxy) is 2. The van der Waals surface area contributed by atoms with E-state index in [9.17, 15) is 4.79 Å². The number of hydrogen-bond acceptors (Lipinski definition) is 6. The van der Waals surface area contributed by atoms with Crippen LogP contribution in [0.5, 0.6) is 11.5 Å². The van der Waals surface area contributed by atoms with Crippen LogP contribution in [-0.2, 0) is 24.2 Å². The molecule has 156 valence electrons. The van der Waals surface area contributed by atoms with Crippen LogP contribution in [0.1, 0.15) is 23.4 Å². The molecule has 0 N–H and O–H groups in total. The van der Waals surface area contributed by atoms with Gasteiger partial charge in [-0.15, -0.1) is 0 Å². The molecule has 0 saturated carbocycles. The van der Waals surface area contributed by atoms with Crippen LogP contribution in [0.4, 0.5) is 0 Å². The van der Waals surface area contributed by atoms with Gasteiger partial charge in [-0.2, -0.15) is 4.98 Å². The average molecular weight is 428 g/mol. The van der Waals surface area contributed by atoms with E-state index in [2.05, 4.69) is 10.1 Å². The predicted molar refractivity (Wildman–Crippen MR) is 112 cm³/mol. The van der Waals surface area contributed by atoms with Gasteiger partial charge in [-0.25, -0.2) is 0 Å². The van der Waals surface area contributed by atoms with Crippen molar-refractivity contribution >= 4 is 17.5 Å². The van der Waals surface area contributed by atoms with Gasteiger partial charge in [-0.1, -0.05) is 16.8 Å². The lowest BCUT2D eigenvalue weighted by molar-refractivity contribution is -0.132. The van der Waals surface area contributed by atoms with Gasteiger partial charge in [0.2, 0.25) is 17.6 Å². The topological polar surface area (TPSA) is 77.7 Å². The average Bonchev–Trinajstić information content (AvgIpc) is 3.25.